The molecule has 20 heavy (non-hydrogen) atoms. The van der Waals surface area contributed by atoms with E-state index in [-0.39, 0.29) is 5.91 Å². The molecule has 1 saturated heterocycles. The number of hydrogen-bond donors (Lipinski definition) is 1. The molecule has 1 aromatic rings. The van der Waals surface area contributed by atoms with E-state index in [2.05, 4.69) is 12.2 Å². The fraction of sp³-hybridized carbons (Fsp3) is 0.562. The summed E-state index contributed by atoms with van der Waals surface area (Å²) in [4.78, 5) is 14.1. The highest BCUT2D eigenvalue weighted by atomic mass is 16.5. The Morgan fingerprint density at radius 3 is 3.00 bits per heavy atom. The highest BCUT2D eigenvalue weighted by Gasteiger charge is 2.20. The summed E-state index contributed by atoms with van der Waals surface area (Å²) in [6.07, 6.45) is 2.36. The number of benzene rings is 1. The molecule has 1 fully saturated rings. The van der Waals surface area contributed by atoms with Crippen LogP contribution in [0.1, 0.15) is 25.3 Å². The van der Waals surface area contributed by atoms with Gasteiger partial charge in [0.05, 0.1) is 13.7 Å². The van der Waals surface area contributed by atoms with E-state index in [1.54, 1.807) is 7.11 Å². The first kappa shape index (κ1) is 14.9. The minimum absolute atomic E-state index is 0.200. The molecule has 1 atom stereocenters. The number of hydrogen-bond acceptors (Lipinski definition) is 3. The van der Waals surface area contributed by atoms with Gasteiger partial charge in [-0.25, -0.2) is 0 Å². The number of nitrogens with one attached hydrogen (secondary N) is 1. The average Bonchev–Trinajstić information content (AvgIpc) is 2.47. The van der Waals surface area contributed by atoms with Gasteiger partial charge in [-0.1, -0.05) is 25.1 Å². The molecule has 0 bridgehead atoms. The Hall–Kier alpha value is -1.55. The normalized spacial score (nSPS) is 18.9. The van der Waals surface area contributed by atoms with Gasteiger partial charge in [-0.2, -0.15) is 0 Å². The number of para-hydroxylation sites is 1. The van der Waals surface area contributed by atoms with E-state index in [1.165, 1.54) is 6.42 Å². The number of methoxy groups -OCH3 is 1. The van der Waals surface area contributed by atoms with Crippen molar-refractivity contribution >= 4 is 5.91 Å². The lowest BCUT2D eigenvalue weighted by molar-refractivity contribution is -0.131. The third-order valence-corrected chi connectivity index (χ3v) is 3.79. The van der Waals surface area contributed by atoms with Crippen LogP contribution in [-0.2, 0) is 11.3 Å². The van der Waals surface area contributed by atoms with Crippen LogP contribution in [0, 0.1) is 5.92 Å². The van der Waals surface area contributed by atoms with Gasteiger partial charge < -0.3 is 15.0 Å². The third-order valence-electron chi connectivity index (χ3n) is 3.79. The van der Waals surface area contributed by atoms with Crippen molar-refractivity contribution in [3.05, 3.63) is 29.8 Å². The Bertz CT molecular complexity index is 448. The zero-order chi connectivity index (χ0) is 14.4. The molecule has 1 aliphatic heterocycles. The van der Waals surface area contributed by atoms with Crippen molar-refractivity contribution in [1.82, 2.24) is 10.2 Å². The van der Waals surface area contributed by atoms with Gasteiger partial charge in [-0.15, -0.1) is 0 Å². The van der Waals surface area contributed by atoms with Crippen molar-refractivity contribution in [2.24, 2.45) is 5.92 Å². The molecule has 1 aliphatic rings. The fourth-order valence-electron chi connectivity index (χ4n) is 2.68. The molecular formula is C16H24N2O2. The number of nitrogens with zero attached hydrogens (tertiary/aromatic N) is 1. The molecule has 1 heterocycles. The van der Waals surface area contributed by atoms with Gasteiger partial charge >= 0.3 is 0 Å². The van der Waals surface area contributed by atoms with Gasteiger partial charge in [0, 0.05) is 25.2 Å². The minimum Gasteiger partial charge on any atom is -0.496 e. The molecule has 4 nitrogen and oxygen atoms in total. The maximum Gasteiger partial charge on any atom is 0.236 e. The number of piperidine rings is 1. The van der Waals surface area contributed by atoms with E-state index >= 15 is 0 Å². The lowest BCUT2D eigenvalue weighted by Gasteiger charge is -2.31. The van der Waals surface area contributed by atoms with Crippen LogP contribution in [0.2, 0.25) is 0 Å². The Morgan fingerprint density at radius 2 is 2.25 bits per heavy atom. The molecule has 1 amide bonds. The Labute approximate surface area is 121 Å². The van der Waals surface area contributed by atoms with Crippen LogP contribution in [0.3, 0.4) is 0 Å². The predicted molar refractivity (Wildman–Crippen MR) is 79.7 cm³/mol. The van der Waals surface area contributed by atoms with Gasteiger partial charge in [0.2, 0.25) is 5.91 Å². The van der Waals surface area contributed by atoms with Crippen molar-refractivity contribution in [2.45, 2.75) is 26.3 Å². The fourth-order valence-corrected chi connectivity index (χ4v) is 2.68. The summed E-state index contributed by atoms with van der Waals surface area (Å²) in [6.45, 7) is 5.06. The number of amides is 1. The molecule has 1 aromatic carbocycles. The van der Waals surface area contributed by atoms with Crippen LogP contribution in [0.5, 0.6) is 5.75 Å². The van der Waals surface area contributed by atoms with Gasteiger partial charge in [0.25, 0.3) is 0 Å². The monoisotopic (exact) mass is 276 g/mol. The van der Waals surface area contributed by atoms with Gasteiger partial charge in [0.1, 0.15) is 5.75 Å². The molecule has 0 aliphatic carbocycles. The number of likely N-dealkylation sites (tertiary alicyclic amines) is 1. The molecule has 0 spiro atoms. The second kappa shape index (κ2) is 7.29. The average molecular weight is 276 g/mol. The topological polar surface area (TPSA) is 41.6 Å². The number of carbonyl (C=O) groups is 1. The molecular weight excluding hydrogens is 252 g/mol. The van der Waals surface area contributed by atoms with Crippen molar-refractivity contribution in [1.29, 1.82) is 0 Å². The summed E-state index contributed by atoms with van der Waals surface area (Å²) in [6, 6.07) is 7.88. The van der Waals surface area contributed by atoms with E-state index in [1.807, 2.05) is 29.2 Å². The van der Waals surface area contributed by atoms with Crippen LogP contribution < -0.4 is 10.1 Å². The van der Waals surface area contributed by atoms with Gasteiger partial charge in [0.15, 0.2) is 0 Å². The second-order valence-electron chi connectivity index (χ2n) is 5.50. The van der Waals surface area contributed by atoms with Crippen LogP contribution >= 0.6 is 0 Å². The zero-order valence-electron chi connectivity index (χ0n) is 12.4. The van der Waals surface area contributed by atoms with E-state index < -0.39 is 0 Å². The van der Waals surface area contributed by atoms with E-state index in [4.69, 9.17) is 4.74 Å². The summed E-state index contributed by atoms with van der Waals surface area (Å²) >= 11 is 0. The van der Waals surface area contributed by atoms with Crippen LogP contribution in [0.4, 0.5) is 0 Å². The molecule has 0 saturated carbocycles. The lowest BCUT2D eigenvalue weighted by atomic mass is 10.0. The number of carbonyl (C=O) groups excluding carboxylic acids is 1. The van der Waals surface area contributed by atoms with Crippen LogP contribution in [0.15, 0.2) is 24.3 Å². The summed E-state index contributed by atoms with van der Waals surface area (Å²) < 4.78 is 5.30. The first-order valence-electron chi connectivity index (χ1n) is 7.31. The van der Waals surface area contributed by atoms with Crippen LogP contribution in [0.25, 0.3) is 0 Å². The van der Waals surface area contributed by atoms with Crippen molar-refractivity contribution in [3.8, 4) is 5.75 Å². The van der Waals surface area contributed by atoms with E-state index in [0.717, 1.165) is 30.8 Å². The first-order chi connectivity index (χ1) is 9.70. The summed E-state index contributed by atoms with van der Waals surface area (Å²) in [7, 11) is 1.67. The maximum atomic E-state index is 12.1. The van der Waals surface area contributed by atoms with E-state index in [0.29, 0.717) is 19.0 Å². The molecule has 0 radical (unpaired) electrons. The Balaban J connectivity index is 1.79. The second-order valence-corrected chi connectivity index (χ2v) is 5.50. The molecule has 0 aromatic heterocycles. The largest absolute Gasteiger partial charge is 0.496 e. The first-order valence-corrected chi connectivity index (χ1v) is 7.31. The smallest absolute Gasteiger partial charge is 0.236 e. The highest BCUT2D eigenvalue weighted by molar-refractivity contribution is 5.78. The van der Waals surface area contributed by atoms with Gasteiger partial charge in [-0.3, -0.25) is 4.79 Å². The summed E-state index contributed by atoms with van der Waals surface area (Å²) in [5.41, 5.74) is 1.08. The summed E-state index contributed by atoms with van der Waals surface area (Å²) in [5, 5.41) is 3.22. The predicted octanol–water partition coefficient (Wildman–Crippen LogP) is 2.04. The molecule has 110 valence electrons. The SMILES string of the molecule is COc1ccccc1CNCC(=O)N1CCCC(C)C1. The van der Waals surface area contributed by atoms with Crippen molar-refractivity contribution < 1.29 is 9.53 Å². The Morgan fingerprint density at radius 1 is 1.45 bits per heavy atom. The van der Waals surface area contributed by atoms with Crippen molar-refractivity contribution in [2.75, 3.05) is 26.7 Å². The third kappa shape index (κ3) is 3.97. The number of ether oxygens (including phenoxy) is 1. The molecule has 4 heteroatoms. The van der Waals surface area contributed by atoms with Crippen LogP contribution in [-0.4, -0.2) is 37.6 Å². The quantitative estimate of drug-likeness (QED) is 0.895. The Kier molecular flexibility index (Phi) is 5.41. The molecule has 1 N–H and O–H groups in total. The zero-order valence-corrected chi connectivity index (χ0v) is 12.4. The summed E-state index contributed by atoms with van der Waals surface area (Å²) in [5.74, 6) is 1.69. The lowest BCUT2D eigenvalue weighted by Crippen LogP contribution is -2.43. The molecule has 2 rings (SSSR count). The standard InChI is InChI=1S/C16H24N2O2/c1-13-6-5-9-18(12-13)16(19)11-17-10-14-7-3-4-8-15(14)20-2/h3-4,7-8,13,17H,5-6,9-12H2,1-2H3. The highest BCUT2D eigenvalue weighted by Crippen LogP contribution is 2.17. The van der Waals surface area contributed by atoms with Crippen molar-refractivity contribution in [3.63, 3.8) is 0 Å². The minimum atomic E-state index is 0.200. The van der Waals surface area contributed by atoms with E-state index in [9.17, 15) is 4.79 Å². The van der Waals surface area contributed by atoms with Gasteiger partial charge in [-0.05, 0) is 24.8 Å². The molecule has 1 unspecified atom stereocenters. The number of rotatable bonds is 5. The maximum absolute atomic E-state index is 12.1.